The molecule has 2 heterocycles. The number of aromatic nitrogens is 2. The summed E-state index contributed by atoms with van der Waals surface area (Å²) in [5.41, 5.74) is 0.449. The number of aliphatic carboxylic acids is 1. The van der Waals surface area contributed by atoms with E-state index in [1.807, 2.05) is 11.0 Å². The standard InChI is InChI=1S/C18H20N4O4S/c23-16(21-8-3-4-9-21)12-27-14-6-2-1-5-13(14)18(26)19-15-7-10-22(20-15)11-17(24)25/h1-2,5-7,10H,3-4,8-9,11-12H2,(H,24,25)(H,19,20,26). The summed E-state index contributed by atoms with van der Waals surface area (Å²) in [6, 6.07) is 8.60. The lowest BCUT2D eigenvalue weighted by atomic mass is 10.2. The van der Waals surface area contributed by atoms with Gasteiger partial charge in [0.15, 0.2) is 5.82 Å². The molecule has 1 aliphatic rings. The normalized spacial score (nSPS) is 13.6. The van der Waals surface area contributed by atoms with E-state index in [0.29, 0.717) is 10.5 Å². The summed E-state index contributed by atoms with van der Waals surface area (Å²) in [5.74, 6) is -0.723. The fraction of sp³-hybridized carbons (Fsp3) is 0.333. The zero-order chi connectivity index (χ0) is 19.2. The second-order valence-electron chi connectivity index (χ2n) is 6.12. The lowest BCUT2D eigenvalue weighted by Crippen LogP contribution is -2.29. The lowest BCUT2D eigenvalue weighted by Gasteiger charge is -2.15. The molecule has 1 aromatic heterocycles. The van der Waals surface area contributed by atoms with Gasteiger partial charge in [-0.15, -0.1) is 11.8 Å². The molecule has 0 unspecified atom stereocenters. The molecule has 1 fully saturated rings. The number of benzene rings is 1. The van der Waals surface area contributed by atoms with Gasteiger partial charge in [0.05, 0.1) is 11.3 Å². The lowest BCUT2D eigenvalue weighted by molar-refractivity contribution is -0.137. The van der Waals surface area contributed by atoms with Crippen molar-refractivity contribution in [2.24, 2.45) is 0 Å². The number of thioether (sulfide) groups is 1. The van der Waals surface area contributed by atoms with Gasteiger partial charge in [-0.05, 0) is 25.0 Å². The summed E-state index contributed by atoms with van der Waals surface area (Å²) < 4.78 is 1.23. The van der Waals surface area contributed by atoms with Gasteiger partial charge in [-0.25, -0.2) is 0 Å². The summed E-state index contributed by atoms with van der Waals surface area (Å²) in [4.78, 5) is 38.1. The Morgan fingerprint density at radius 3 is 2.63 bits per heavy atom. The Labute approximate surface area is 160 Å². The molecule has 27 heavy (non-hydrogen) atoms. The smallest absolute Gasteiger partial charge is 0.325 e. The number of carboxylic acid groups (broad SMARTS) is 1. The maximum atomic E-state index is 12.6. The molecule has 8 nitrogen and oxygen atoms in total. The molecule has 1 saturated heterocycles. The summed E-state index contributed by atoms with van der Waals surface area (Å²) in [6.07, 6.45) is 3.58. The highest BCUT2D eigenvalue weighted by Gasteiger charge is 2.19. The van der Waals surface area contributed by atoms with Crippen LogP contribution in [0.25, 0.3) is 0 Å². The molecule has 0 spiro atoms. The second kappa shape index (κ2) is 8.72. The topological polar surface area (TPSA) is 105 Å². The molecule has 0 aliphatic carbocycles. The average Bonchev–Trinajstić information content (AvgIpc) is 3.31. The minimum absolute atomic E-state index is 0.0834. The van der Waals surface area contributed by atoms with Crippen LogP contribution in [0.1, 0.15) is 23.2 Å². The first-order valence-corrected chi connectivity index (χ1v) is 9.57. The summed E-state index contributed by atoms with van der Waals surface area (Å²) in [5, 5.41) is 15.4. The maximum absolute atomic E-state index is 12.6. The Bertz CT molecular complexity index is 845. The van der Waals surface area contributed by atoms with E-state index in [1.54, 1.807) is 18.2 Å². The summed E-state index contributed by atoms with van der Waals surface area (Å²) in [7, 11) is 0. The van der Waals surface area contributed by atoms with Crippen molar-refractivity contribution in [3.8, 4) is 0 Å². The molecule has 0 bridgehead atoms. The minimum atomic E-state index is -1.01. The number of hydrogen-bond donors (Lipinski definition) is 2. The van der Waals surface area contributed by atoms with Crippen molar-refractivity contribution in [3.63, 3.8) is 0 Å². The van der Waals surface area contributed by atoms with Gasteiger partial charge in [0, 0.05) is 30.2 Å². The van der Waals surface area contributed by atoms with E-state index in [4.69, 9.17) is 5.11 Å². The van der Waals surface area contributed by atoms with Crippen LogP contribution in [0.15, 0.2) is 41.4 Å². The first-order valence-electron chi connectivity index (χ1n) is 8.59. The van der Waals surface area contributed by atoms with Crippen LogP contribution < -0.4 is 5.32 Å². The Morgan fingerprint density at radius 2 is 1.89 bits per heavy atom. The predicted octanol–water partition coefficient (Wildman–Crippen LogP) is 1.93. The highest BCUT2D eigenvalue weighted by atomic mass is 32.2. The molecule has 2 amide bonds. The molecule has 1 aliphatic heterocycles. The Kier molecular flexibility index (Phi) is 6.12. The number of anilines is 1. The van der Waals surface area contributed by atoms with Gasteiger partial charge in [0.2, 0.25) is 5.91 Å². The van der Waals surface area contributed by atoms with Crippen LogP contribution >= 0.6 is 11.8 Å². The van der Waals surface area contributed by atoms with Crippen molar-refractivity contribution in [2.45, 2.75) is 24.3 Å². The SMILES string of the molecule is O=C(O)Cn1ccc(NC(=O)c2ccccc2SCC(=O)N2CCCC2)n1. The maximum Gasteiger partial charge on any atom is 0.325 e. The van der Waals surface area contributed by atoms with Gasteiger partial charge in [-0.3, -0.25) is 19.1 Å². The van der Waals surface area contributed by atoms with Gasteiger partial charge in [-0.2, -0.15) is 5.10 Å². The predicted molar refractivity (Wildman–Crippen MR) is 101 cm³/mol. The average molecular weight is 388 g/mol. The number of nitrogens with one attached hydrogen (secondary N) is 1. The number of amides is 2. The van der Waals surface area contributed by atoms with Crippen molar-refractivity contribution in [2.75, 3.05) is 24.2 Å². The molecule has 3 rings (SSSR count). The van der Waals surface area contributed by atoms with Crippen LogP contribution in [-0.2, 0) is 16.1 Å². The Balaban J connectivity index is 1.63. The highest BCUT2D eigenvalue weighted by molar-refractivity contribution is 8.00. The van der Waals surface area contributed by atoms with Crippen LogP contribution in [0.3, 0.4) is 0 Å². The van der Waals surface area contributed by atoms with E-state index in [1.165, 1.54) is 28.7 Å². The first-order chi connectivity index (χ1) is 13.0. The van der Waals surface area contributed by atoms with Crippen molar-refractivity contribution in [3.05, 3.63) is 42.1 Å². The van der Waals surface area contributed by atoms with Crippen molar-refractivity contribution < 1.29 is 19.5 Å². The molecule has 9 heteroatoms. The molecular weight excluding hydrogens is 368 g/mol. The summed E-state index contributed by atoms with van der Waals surface area (Å²) >= 11 is 1.34. The number of rotatable bonds is 7. The van der Waals surface area contributed by atoms with Gasteiger partial charge in [0.1, 0.15) is 6.54 Å². The van der Waals surface area contributed by atoms with Gasteiger partial charge in [0.25, 0.3) is 5.91 Å². The number of nitrogens with zero attached hydrogens (tertiary/aromatic N) is 3. The van der Waals surface area contributed by atoms with Crippen molar-refractivity contribution >= 4 is 35.4 Å². The van der Waals surface area contributed by atoms with E-state index in [0.717, 1.165) is 25.9 Å². The fourth-order valence-corrected chi connectivity index (χ4v) is 3.77. The first kappa shape index (κ1) is 19.0. The van der Waals surface area contributed by atoms with Crippen molar-refractivity contribution in [1.82, 2.24) is 14.7 Å². The van der Waals surface area contributed by atoms with E-state index >= 15 is 0 Å². The monoisotopic (exact) mass is 388 g/mol. The molecule has 142 valence electrons. The molecule has 1 aromatic carbocycles. The van der Waals surface area contributed by atoms with E-state index in [2.05, 4.69) is 10.4 Å². The quantitative estimate of drug-likeness (QED) is 0.703. The molecule has 0 atom stereocenters. The Morgan fingerprint density at radius 1 is 1.15 bits per heavy atom. The zero-order valence-corrected chi connectivity index (χ0v) is 15.4. The molecule has 0 radical (unpaired) electrons. The van der Waals surface area contributed by atoms with Crippen LogP contribution in [-0.4, -0.2) is 56.4 Å². The minimum Gasteiger partial charge on any atom is -0.480 e. The third-order valence-electron chi connectivity index (χ3n) is 4.12. The van der Waals surface area contributed by atoms with Gasteiger partial charge >= 0.3 is 5.97 Å². The van der Waals surface area contributed by atoms with E-state index < -0.39 is 5.97 Å². The van der Waals surface area contributed by atoms with Gasteiger partial charge < -0.3 is 15.3 Å². The summed E-state index contributed by atoms with van der Waals surface area (Å²) in [6.45, 7) is 1.34. The van der Waals surface area contributed by atoms with Gasteiger partial charge in [-0.1, -0.05) is 12.1 Å². The Hall–Kier alpha value is -2.81. The second-order valence-corrected chi connectivity index (χ2v) is 7.14. The van der Waals surface area contributed by atoms with Crippen LogP contribution in [0.2, 0.25) is 0 Å². The van der Waals surface area contributed by atoms with Crippen molar-refractivity contribution in [1.29, 1.82) is 0 Å². The molecular formula is C18H20N4O4S. The van der Waals surface area contributed by atoms with Crippen LogP contribution in [0.4, 0.5) is 5.82 Å². The fourth-order valence-electron chi connectivity index (χ4n) is 2.82. The van der Waals surface area contributed by atoms with E-state index in [-0.39, 0.29) is 29.9 Å². The molecule has 2 aromatic rings. The largest absolute Gasteiger partial charge is 0.480 e. The van der Waals surface area contributed by atoms with Crippen LogP contribution in [0.5, 0.6) is 0 Å². The third-order valence-corrected chi connectivity index (χ3v) is 5.18. The number of carboxylic acids is 1. The third kappa shape index (κ3) is 5.10. The highest BCUT2D eigenvalue weighted by Crippen LogP contribution is 2.24. The molecule has 2 N–H and O–H groups in total. The van der Waals surface area contributed by atoms with E-state index in [9.17, 15) is 14.4 Å². The number of carbonyl (C=O) groups excluding carboxylic acids is 2. The number of carbonyl (C=O) groups is 3. The number of likely N-dealkylation sites (tertiary alicyclic amines) is 1. The molecule has 0 saturated carbocycles. The number of hydrogen-bond acceptors (Lipinski definition) is 5. The zero-order valence-electron chi connectivity index (χ0n) is 14.6. The van der Waals surface area contributed by atoms with Crippen LogP contribution in [0, 0.1) is 0 Å².